The minimum atomic E-state index is -3.92. The molecule has 1 N–H and O–H groups in total. The highest BCUT2D eigenvalue weighted by atomic mass is 35.5. The van der Waals surface area contributed by atoms with Crippen molar-refractivity contribution in [2.24, 2.45) is 0 Å². The Morgan fingerprint density at radius 2 is 1.60 bits per heavy atom. The number of anilines is 1. The molecule has 0 aliphatic rings. The number of unbranched alkanes of at least 4 members (excludes halogenated alkanes) is 1. The van der Waals surface area contributed by atoms with E-state index in [2.05, 4.69) is 5.32 Å². The van der Waals surface area contributed by atoms with Crippen molar-refractivity contribution < 1.29 is 18.0 Å². The summed E-state index contributed by atoms with van der Waals surface area (Å²) < 4.78 is 26.6. The molecule has 0 bridgehead atoms. The van der Waals surface area contributed by atoms with Crippen LogP contribution in [0.3, 0.4) is 0 Å². The second kappa shape index (κ2) is 14.7. The highest BCUT2D eigenvalue weighted by Crippen LogP contribution is 2.29. The van der Waals surface area contributed by atoms with Crippen LogP contribution >= 0.6 is 34.8 Å². The van der Waals surface area contributed by atoms with Crippen LogP contribution in [0.4, 0.5) is 5.69 Å². The maximum atomic E-state index is 14.0. The molecule has 214 valence electrons. The lowest BCUT2D eigenvalue weighted by molar-refractivity contribution is -0.140. The molecule has 0 saturated heterocycles. The van der Waals surface area contributed by atoms with Gasteiger partial charge < -0.3 is 10.2 Å². The summed E-state index contributed by atoms with van der Waals surface area (Å²) in [5.41, 5.74) is 1.73. The fourth-order valence-corrected chi connectivity index (χ4v) is 5.49. The molecule has 0 aliphatic heterocycles. The zero-order valence-electron chi connectivity index (χ0n) is 22.3. The summed E-state index contributed by atoms with van der Waals surface area (Å²) >= 11 is 18.4. The van der Waals surface area contributed by atoms with Crippen molar-refractivity contribution in [3.05, 3.63) is 99.0 Å². The van der Waals surface area contributed by atoms with Crippen LogP contribution in [0.15, 0.2) is 72.8 Å². The quantitative estimate of drug-likeness (QED) is 0.238. The van der Waals surface area contributed by atoms with Gasteiger partial charge in [0.25, 0.3) is 0 Å². The highest BCUT2D eigenvalue weighted by molar-refractivity contribution is 7.92. The molecular formula is C29H32Cl3N3O4S. The standard InChI is InChI=1S/C29H32Cl3N3O4S/c1-3-4-15-33-29(37)27(17-21-9-6-5-7-10-21)34(19-22-11-8-12-23(30)16-22)28(36)20-35(40(2,38)39)24-13-14-25(31)26(32)18-24/h5-14,16,18,27H,3-4,15,17,19-20H2,1-2H3,(H,33,37)/t27-/m0/s1. The summed E-state index contributed by atoms with van der Waals surface area (Å²) in [6.45, 7) is 1.96. The molecule has 3 aromatic rings. The van der Waals surface area contributed by atoms with Crippen LogP contribution in [-0.4, -0.2) is 50.5 Å². The van der Waals surface area contributed by atoms with E-state index in [0.29, 0.717) is 17.1 Å². The number of halogens is 3. The molecule has 0 radical (unpaired) electrons. The van der Waals surface area contributed by atoms with Crippen LogP contribution < -0.4 is 9.62 Å². The van der Waals surface area contributed by atoms with E-state index >= 15 is 0 Å². The van der Waals surface area contributed by atoms with Gasteiger partial charge >= 0.3 is 0 Å². The van der Waals surface area contributed by atoms with E-state index in [1.54, 1.807) is 24.3 Å². The number of amides is 2. The number of carbonyl (C=O) groups is 2. The first-order valence-corrected chi connectivity index (χ1v) is 15.8. The molecular weight excluding hydrogens is 593 g/mol. The first kappa shape index (κ1) is 31.7. The molecule has 1 atom stereocenters. The number of nitrogens with zero attached hydrogens (tertiary/aromatic N) is 2. The van der Waals surface area contributed by atoms with Gasteiger partial charge in [-0.2, -0.15) is 0 Å². The van der Waals surface area contributed by atoms with Gasteiger partial charge in [0.2, 0.25) is 21.8 Å². The van der Waals surface area contributed by atoms with Crippen LogP contribution in [-0.2, 0) is 32.6 Å². The molecule has 0 heterocycles. The van der Waals surface area contributed by atoms with Crippen molar-refractivity contribution in [1.29, 1.82) is 0 Å². The van der Waals surface area contributed by atoms with E-state index in [9.17, 15) is 18.0 Å². The van der Waals surface area contributed by atoms with Crippen molar-refractivity contribution >= 4 is 62.3 Å². The van der Waals surface area contributed by atoms with Gasteiger partial charge in [-0.05, 0) is 47.9 Å². The van der Waals surface area contributed by atoms with Gasteiger partial charge in [-0.15, -0.1) is 0 Å². The zero-order chi connectivity index (χ0) is 29.3. The highest BCUT2D eigenvalue weighted by Gasteiger charge is 2.33. The Morgan fingerprint density at radius 1 is 0.900 bits per heavy atom. The largest absolute Gasteiger partial charge is 0.354 e. The third-order valence-electron chi connectivity index (χ3n) is 6.21. The zero-order valence-corrected chi connectivity index (χ0v) is 25.4. The summed E-state index contributed by atoms with van der Waals surface area (Å²) in [6, 6.07) is 19.7. The number of rotatable bonds is 13. The predicted octanol–water partition coefficient (Wildman–Crippen LogP) is 5.97. The number of benzene rings is 3. The van der Waals surface area contributed by atoms with E-state index in [-0.39, 0.29) is 34.6 Å². The molecule has 11 heteroatoms. The Kier molecular flexibility index (Phi) is 11.7. The molecule has 3 rings (SSSR count). The van der Waals surface area contributed by atoms with Gasteiger partial charge in [0.1, 0.15) is 12.6 Å². The molecule has 0 unspecified atom stereocenters. The molecule has 7 nitrogen and oxygen atoms in total. The smallest absolute Gasteiger partial charge is 0.244 e. The second-order valence-corrected chi connectivity index (χ2v) is 12.5. The second-order valence-electron chi connectivity index (χ2n) is 9.37. The van der Waals surface area contributed by atoms with Crippen LogP contribution in [0, 0.1) is 0 Å². The molecule has 2 amide bonds. The summed E-state index contributed by atoms with van der Waals surface area (Å²) in [6.07, 6.45) is 2.91. The van der Waals surface area contributed by atoms with Crippen molar-refractivity contribution in [3.63, 3.8) is 0 Å². The van der Waals surface area contributed by atoms with E-state index in [1.807, 2.05) is 37.3 Å². The molecule has 0 spiro atoms. The monoisotopic (exact) mass is 623 g/mol. The lowest BCUT2D eigenvalue weighted by Crippen LogP contribution is -2.53. The number of sulfonamides is 1. The summed E-state index contributed by atoms with van der Waals surface area (Å²) in [7, 11) is -3.92. The fraction of sp³-hybridized carbons (Fsp3) is 0.310. The number of hydrogen-bond acceptors (Lipinski definition) is 4. The Bertz CT molecular complexity index is 1420. The van der Waals surface area contributed by atoms with Crippen molar-refractivity contribution in [2.75, 3.05) is 23.7 Å². The van der Waals surface area contributed by atoms with Crippen LogP contribution in [0.2, 0.25) is 15.1 Å². The van der Waals surface area contributed by atoms with E-state index in [1.165, 1.54) is 23.1 Å². The minimum absolute atomic E-state index is 0.0388. The first-order chi connectivity index (χ1) is 19.0. The third kappa shape index (κ3) is 9.13. The number of nitrogens with one attached hydrogen (secondary N) is 1. The molecule has 0 saturated carbocycles. The summed E-state index contributed by atoms with van der Waals surface area (Å²) in [5.74, 6) is -0.892. The van der Waals surface area contributed by atoms with Gasteiger partial charge in [0.05, 0.1) is 22.0 Å². The molecule has 0 fully saturated rings. The average Bonchev–Trinajstić information content (AvgIpc) is 2.91. The lowest BCUT2D eigenvalue weighted by Gasteiger charge is -2.33. The predicted molar refractivity (Wildman–Crippen MR) is 163 cm³/mol. The van der Waals surface area contributed by atoms with Crippen LogP contribution in [0.25, 0.3) is 0 Å². The normalized spacial score (nSPS) is 12.0. The summed E-state index contributed by atoms with van der Waals surface area (Å²) in [4.78, 5) is 29.0. The van der Waals surface area contributed by atoms with Gasteiger partial charge in [-0.3, -0.25) is 13.9 Å². The van der Waals surface area contributed by atoms with Crippen molar-refractivity contribution in [1.82, 2.24) is 10.2 Å². The number of hydrogen-bond donors (Lipinski definition) is 1. The topological polar surface area (TPSA) is 86.8 Å². The van der Waals surface area contributed by atoms with E-state index in [0.717, 1.165) is 29.0 Å². The SMILES string of the molecule is CCCCNC(=O)[C@H](Cc1ccccc1)N(Cc1cccc(Cl)c1)C(=O)CN(c1ccc(Cl)c(Cl)c1)S(C)(=O)=O. The maximum absolute atomic E-state index is 14.0. The van der Waals surface area contributed by atoms with Crippen LogP contribution in [0.5, 0.6) is 0 Å². The first-order valence-electron chi connectivity index (χ1n) is 12.8. The van der Waals surface area contributed by atoms with Crippen molar-refractivity contribution in [3.8, 4) is 0 Å². The van der Waals surface area contributed by atoms with Crippen LogP contribution in [0.1, 0.15) is 30.9 Å². The molecule has 0 aromatic heterocycles. The van der Waals surface area contributed by atoms with E-state index in [4.69, 9.17) is 34.8 Å². The van der Waals surface area contributed by atoms with Gasteiger partial charge in [0.15, 0.2) is 0 Å². The summed E-state index contributed by atoms with van der Waals surface area (Å²) in [5, 5.41) is 3.82. The fourth-order valence-electron chi connectivity index (χ4n) is 4.15. The minimum Gasteiger partial charge on any atom is -0.354 e. The Hall–Kier alpha value is -2.78. The van der Waals surface area contributed by atoms with E-state index < -0.39 is 28.5 Å². The third-order valence-corrected chi connectivity index (χ3v) is 8.33. The van der Waals surface area contributed by atoms with Gasteiger partial charge in [0, 0.05) is 24.5 Å². The van der Waals surface area contributed by atoms with Crippen molar-refractivity contribution in [2.45, 2.75) is 38.8 Å². The lowest BCUT2D eigenvalue weighted by atomic mass is 10.0. The van der Waals surface area contributed by atoms with Gasteiger partial charge in [-0.25, -0.2) is 8.42 Å². The average molecular weight is 625 g/mol. The van der Waals surface area contributed by atoms with Gasteiger partial charge in [-0.1, -0.05) is 90.6 Å². The Balaban J connectivity index is 2.04. The molecule has 0 aliphatic carbocycles. The maximum Gasteiger partial charge on any atom is 0.244 e. The Labute approximate surface area is 251 Å². The molecule has 40 heavy (non-hydrogen) atoms. The number of carbonyl (C=O) groups excluding carboxylic acids is 2. The Morgan fingerprint density at radius 3 is 2.23 bits per heavy atom. The molecule has 3 aromatic carbocycles.